The van der Waals surface area contributed by atoms with Gasteiger partial charge in [0.15, 0.2) is 5.06 Å². The van der Waals surface area contributed by atoms with Crippen molar-refractivity contribution >= 4 is 51.7 Å². The summed E-state index contributed by atoms with van der Waals surface area (Å²) in [6, 6.07) is 11.8. The van der Waals surface area contributed by atoms with E-state index in [1.807, 2.05) is 24.3 Å². The van der Waals surface area contributed by atoms with Gasteiger partial charge >= 0.3 is 0 Å². The van der Waals surface area contributed by atoms with E-state index in [1.165, 1.54) is 27.6 Å². The zero-order valence-electron chi connectivity index (χ0n) is 22.0. The van der Waals surface area contributed by atoms with E-state index >= 15 is 0 Å². The smallest absolute Gasteiger partial charge is 0.174 e. The molecular formula is C27H35Cl2N5O3S2. The normalized spacial score (nSPS) is 16.2. The van der Waals surface area contributed by atoms with Crippen molar-refractivity contribution in [2.24, 2.45) is 0 Å². The first-order valence-corrected chi connectivity index (χ1v) is 15.4. The number of nitrogen functional groups attached to an aromatic ring is 1. The van der Waals surface area contributed by atoms with E-state index in [2.05, 4.69) is 32.5 Å². The van der Waals surface area contributed by atoms with Crippen LogP contribution in [0.25, 0.3) is 0 Å². The molecule has 2 aliphatic heterocycles. The predicted molar refractivity (Wildman–Crippen MR) is 160 cm³/mol. The summed E-state index contributed by atoms with van der Waals surface area (Å²) in [6.07, 6.45) is 6.33. The van der Waals surface area contributed by atoms with Crippen molar-refractivity contribution in [1.29, 1.82) is 0 Å². The summed E-state index contributed by atoms with van der Waals surface area (Å²) in [5.74, 6) is 1.70. The molecule has 2 saturated heterocycles. The average Bonchev–Trinajstić information content (AvgIpc) is 3.78. The highest BCUT2D eigenvalue weighted by atomic mass is 35.5. The maximum atomic E-state index is 5.93. The highest BCUT2D eigenvalue weighted by Crippen LogP contribution is 2.28. The molecule has 2 aliphatic rings. The van der Waals surface area contributed by atoms with Crippen LogP contribution in [-0.4, -0.2) is 53.9 Å². The highest BCUT2D eigenvalue weighted by molar-refractivity contribution is 7.17. The van der Waals surface area contributed by atoms with E-state index in [1.54, 1.807) is 18.4 Å². The number of thiophene rings is 2. The molecular weight excluding hydrogens is 577 g/mol. The third-order valence-electron chi connectivity index (χ3n) is 6.59. The van der Waals surface area contributed by atoms with Crippen molar-refractivity contribution in [3.05, 3.63) is 67.0 Å². The van der Waals surface area contributed by atoms with E-state index in [0.717, 1.165) is 84.4 Å². The number of nitrogens with one attached hydrogen (secondary N) is 2. The molecule has 0 bridgehead atoms. The van der Waals surface area contributed by atoms with Crippen molar-refractivity contribution in [3.63, 3.8) is 0 Å². The van der Waals surface area contributed by atoms with Gasteiger partial charge in [-0.3, -0.25) is 10.2 Å². The van der Waals surface area contributed by atoms with Crippen LogP contribution in [-0.2, 0) is 22.3 Å². The number of H-pyrrole nitrogens is 2. The van der Waals surface area contributed by atoms with Crippen LogP contribution in [0.3, 0.4) is 0 Å². The summed E-state index contributed by atoms with van der Waals surface area (Å²) in [5, 5.41) is 15.3. The van der Waals surface area contributed by atoms with Crippen LogP contribution in [0.5, 0.6) is 5.06 Å². The van der Waals surface area contributed by atoms with Crippen LogP contribution in [0.1, 0.15) is 59.5 Å². The molecule has 4 N–H and O–H groups in total. The van der Waals surface area contributed by atoms with Gasteiger partial charge in [-0.15, -0.1) is 11.3 Å². The maximum absolute atomic E-state index is 5.93. The van der Waals surface area contributed by atoms with Crippen LogP contribution in [0.2, 0.25) is 8.67 Å². The molecule has 0 spiro atoms. The summed E-state index contributed by atoms with van der Waals surface area (Å²) in [7, 11) is 1.63. The van der Waals surface area contributed by atoms with E-state index < -0.39 is 0 Å². The topological polar surface area (TPSA) is 111 Å². The number of hydrogen-bond donors (Lipinski definition) is 3. The van der Waals surface area contributed by atoms with Crippen molar-refractivity contribution in [2.75, 3.05) is 39.3 Å². The molecule has 0 aliphatic carbocycles. The third kappa shape index (κ3) is 9.81. The molecule has 212 valence electrons. The number of methoxy groups -OCH3 is 1. The molecule has 0 atom stereocenters. The molecule has 4 aromatic heterocycles. The van der Waals surface area contributed by atoms with Gasteiger partial charge < -0.3 is 19.9 Å². The quantitative estimate of drug-likeness (QED) is 0.214. The number of aromatic nitrogens is 4. The Hall–Kier alpha value is -2.08. The Balaban J connectivity index is 0.000000150. The number of ether oxygens (including phenoxy) is 3. The summed E-state index contributed by atoms with van der Waals surface area (Å²) in [5.41, 5.74) is 9.07. The van der Waals surface area contributed by atoms with E-state index in [-0.39, 0.29) is 0 Å². The van der Waals surface area contributed by atoms with Gasteiger partial charge in [-0.25, -0.2) is 0 Å². The molecule has 2 fully saturated rings. The zero-order valence-corrected chi connectivity index (χ0v) is 25.1. The van der Waals surface area contributed by atoms with Crippen LogP contribution >= 0.6 is 45.9 Å². The second-order valence-corrected chi connectivity index (χ2v) is 12.8. The van der Waals surface area contributed by atoms with Crippen molar-refractivity contribution in [3.8, 4) is 5.06 Å². The molecule has 0 saturated carbocycles. The number of aryl methyl sites for hydroxylation is 2. The van der Waals surface area contributed by atoms with Gasteiger partial charge in [0.25, 0.3) is 0 Å². The number of anilines is 1. The number of halogens is 2. The van der Waals surface area contributed by atoms with Gasteiger partial charge in [-0.1, -0.05) is 34.5 Å². The fraction of sp³-hybridized carbons (Fsp3) is 0.481. The molecule has 0 amide bonds. The predicted octanol–water partition coefficient (Wildman–Crippen LogP) is 7.10. The summed E-state index contributed by atoms with van der Waals surface area (Å²) in [6.45, 7) is 3.42. The van der Waals surface area contributed by atoms with Crippen LogP contribution in [0.15, 0.2) is 36.4 Å². The van der Waals surface area contributed by atoms with E-state index in [4.69, 9.17) is 43.1 Å². The third-order valence-corrected chi connectivity index (χ3v) is 9.07. The molecule has 8 nitrogen and oxygen atoms in total. The first-order chi connectivity index (χ1) is 19.0. The minimum Gasteiger partial charge on any atom is -0.487 e. The second kappa shape index (κ2) is 15.6. The van der Waals surface area contributed by atoms with Gasteiger partial charge in [0.2, 0.25) is 0 Å². The SMILES string of the molecule is COc1ccc(Cl)s1.Clc1ccc(CCc2cc(C3CCOCC3)n[nH]2)s1.Nc1cc(C2CCOCC2)[nH]n1. The summed E-state index contributed by atoms with van der Waals surface area (Å²) in [4.78, 5) is 1.33. The highest BCUT2D eigenvalue weighted by Gasteiger charge is 2.19. The number of aromatic amines is 2. The molecule has 0 unspecified atom stereocenters. The first kappa shape index (κ1) is 29.9. The minimum atomic E-state index is 0.559. The van der Waals surface area contributed by atoms with Crippen molar-refractivity contribution in [1.82, 2.24) is 20.4 Å². The van der Waals surface area contributed by atoms with Crippen molar-refractivity contribution < 1.29 is 14.2 Å². The van der Waals surface area contributed by atoms with Gasteiger partial charge in [0.05, 0.1) is 21.5 Å². The van der Waals surface area contributed by atoms with Crippen LogP contribution in [0, 0.1) is 0 Å². The minimum absolute atomic E-state index is 0.559. The maximum Gasteiger partial charge on any atom is 0.174 e. The Labute approximate surface area is 247 Å². The summed E-state index contributed by atoms with van der Waals surface area (Å²) < 4.78 is 17.1. The lowest BCUT2D eigenvalue weighted by molar-refractivity contribution is 0.0844. The molecule has 12 heteroatoms. The number of rotatable bonds is 6. The van der Waals surface area contributed by atoms with Gasteiger partial charge in [0, 0.05) is 60.6 Å². The Morgan fingerprint density at radius 1 is 0.872 bits per heavy atom. The summed E-state index contributed by atoms with van der Waals surface area (Å²) >= 11 is 14.6. The van der Waals surface area contributed by atoms with Gasteiger partial charge in [-0.2, -0.15) is 10.2 Å². The number of nitrogens with two attached hydrogens (primary N) is 1. The molecule has 0 aromatic carbocycles. The lowest BCUT2D eigenvalue weighted by atomic mass is 9.96. The second-order valence-electron chi connectivity index (χ2n) is 9.31. The van der Waals surface area contributed by atoms with E-state index in [0.29, 0.717) is 17.7 Å². The lowest BCUT2D eigenvalue weighted by Crippen LogP contribution is -2.14. The number of hydrogen-bond acceptors (Lipinski definition) is 8. The Kier molecular flexibility index (Phi) is 12.0. The molecule has 39 heavy (non-hydrogen) atoms. The molecule has 4 aromatic rings. The Morgan fingerprint density at radius 2 is 1.54 bits per heavy atom. The lowest BCUT2D eigenvalue weighted by Gasteiger charge is -2.20. The molecule has 6 heterocycles. The average molecular weight is 613 g/mol. The standard InChI is InChI=1S/C14H17ClN2OS.C8H13N3O.C5H5ClOS/c15-14-4-3-12(19-14)2-1-11-9-13(17-16-11)10-5-7-18-8-6-10;9-8-5-7(10-11-8)6-1-3-12-4-2-6;1-7-5-3-2-4(6)8-5/h3-4,9-10H,1-2,5-8H2,(H,16,17);5-6H,1-4H2,(H3,9,10,11);2-3H,1H3. The van der Waals surface area contributed by atoms with Crippen LogP contribution < -0.4 is 10.5 Å². The van der Waals surface area contributed by atoms with Gasteiger partial charge in [-0.05, 0) is 68.9 Å². The van der Waals surface area contributed by atoms with Gasteiger partial charge in [0.1, 0.15) is 5.82 Å². The van der Waals surface area contributed by atoms with Crippen molar-refractivity contribution in [2.45, 2.75) is 50.4 Å². The zero-order chi connectivity index (χ0) is 27.5. The fourth-order valence-electron chi connectivity index (χ4n) is 4.43. The first-order valence-electron chi connectivity index (χ1n) is 13.0. The number of nitrogens with zero attached hydrogens (tertiary/aromatic N) is 2. The Morgan fingerprint density at radius 3 is 2.08 bits per heavy atom. The monoisotopic (exact) mass is 611 g/mol. The largest absolute Gasteiger partial charge is 0.487 e. The van der Waals surface area contributed by atoms with E-state index in [9.17, 15) is 0 Å². The molecule has 6 rings (SSSR count). The molecule has 0 radical (unpaired) electrons. The van der Waals surface area contributed by atoms with Crippen LogP contribution in [0.4, 0.5) is 5.82 Å². The Bertz CT molecular complexity index is 1250. The fourth-order valence-corrected chi connectivity index (χ4v) is 6.36.